The van der Waals surface area contributed by atoms with Gasteiger partial charge in [-0.15, -0.1) is 0 Å². The van der Waals surface area contributed by atoms with Crippen molar-refractivity contribution in [1.82, 2.24) is 5.32 Å². The third-order valence-corrected chi connectivity index (χ3v) is 2.15. The number of carbonyl (C=O) groups is 1. The maximum Gasteiger partial charge on any atom is 0.252 e. The Morgan fingerprint density at radius 3 is 2.62 bits per heavy atom. The molecule has 0 saturated carbocycles. The summed E-state index contributed by atoms with van der Waals surface area (Å²) in [5.74, 6) is -0.210. The molecular formula is C9H7IN2O. The summed E-state index contributed by atoms with van der Waals surface area (Å²) in [5, 5.41) is 10.7. The van der Waals surface area contributed by atoms with Gasteiger partial charge in [0.15, 0.2) is 0 Å². The topological polar surface area (TPSA) is 52.9 Å². The number of rotatable bonds is 2. The fourth-order valence-corrected chi connectivity index (χ4v) is 1.18. The monoisotopic (exact) mass is 286 g/mol. The number of nitrogens with zero attached hydrogens (tertiary/aromatic N) is 1. The molecule has 0 aliphatic rings. The van der Waals surface area contributed by atoms with Gasteiger partial charge in [-0.1, -0.05) is 0 Å². The summed E-state index contributed by atoms with van der Waals surface area (Å²) < 4.78 is 1.08. The van der Waals surface area contributed by atoms with E-state index in [0.29, 0.717) is 5.56 Å². The smallest absolute Gasteiger partial charge is 0.252 e. The molecule has 0 heterocycles. The van der Waals surface area contributed by atoms with Crippen molar-refractivity contribution in [1.29, 1.82) is 5.26 Å². The predicted octanol–water partition coefficient (Wildman–Crippen LogP) is 1.54. The highest BCUT2D eigenvalue weighted by Crippen LogP contribution is 2.06. The molecule has 0 atom stereocenters. The Morgan fingerprint density at radius 1 is 1.46 bits per heavy atom. The minimum absolute atomic E-state index is 0.0464. The Morgan fingerprint density at radius 2 is 2.08 bits per heavy atom. The number of halogens is 1. The van der Waals surface area contributed by atoms with Crippen molar-refractivity contribution in [2.24, 2.45) is 0 Å². The summed E-state index contributed by atoms with van der Waals surface area (Å²) in [5.41, 5.74) is 0.579. The fourth-order valence-electron chi connectivity index (χ4n) is 0.823. The second-order valence-electron chi connectivity index (χ2n) is 2.35. The lowest BCUT2D eigenvalue weighted by atomic mass is 10.2. The van der Waals surface area contributed by atoms with Crippen LogP contribution in [0, 0.1) is 14.9 Å². The highest BCUT2D eigenvalue weighted by Gasteiger charge is 2.02. The highest BCUT2D eigenvalue weighted by molar-refractivity contribution is 14.1. The molecule has 66 valence electrons. The Bertz CT molecular complexity index is 340. The van der Waals surface area contributed by atoms with E-state index in [1.54, 1.807) is 12.1 Å². The van der Waals surface area contributed by atoms with Gasteiger partial charge in [-0.2, -0.15) is 5.26 Å². The molecule has 0 aliphatic heterocycles. The van der Waals surface area contributed by atoms with Crippen molar-refractivity contribution >= 4 is 28.5 Å². The lowest BCUT2D eigenvalue weighted by Gasteiger charge is -1.99. The van der Waals surface area contributed by atoms with E-state index >= 15 is 0 Å². The van der Waals surface area contributed by atoms with Crippen molar-refractivity contribution in [2.75, 3.05) is 6.54 Å². The third kappa shape index (κ3) is 3.03. The van der Waals surface area contributed by atoms with E-state index in [1.165, 1.54) is 0 Å². The number of amides is 1. The van der Waals surface area contributed by atoms with Gasteiger partial charge >= 0.3 is 0 Å². The van der Waals surface area contributed by atoms with Crippen molar-refractivity contribution in [3.63, 3.8) is 0 Å². The molecule has 0 unspecified atom stereocenters. The standard InChI is InChI=1S/C9H7IN2O/c10-8-3-1-7(2-4-8)9(13)12-6-5-11/h1-4H,6H2,(H,12,13). The SMILES string of the molecule is N#CCNC(=O)c1ccc(I)cc1. The van der Waals surface area contributed by atoms with Crippen LogP contribution in [0.25, 0.3) is 0 Å². The van der Waals surface area contributed by atoms with E-state index < -0.39 is 0 Å². The molecule has 1 aromatic carbocycles. The fraction of sp³-hybridized carbons (Fsp3) is 0.111. The molecule has 4 heteroatoms. The molecular weight excluding hydrogens is 279 g/mol. The summed E-state index contributed by atoms with van der Waals surface area (Å²) in [4.78, 5) is 11.3. The minimum atomic E-state index is -0.210. The summed E-state index contributed by atoms with van der Waals surface area (Å²) in [6, 6.07) is 9.01. The molecule has 13 heavy (non-hydrogen) atoms. The summed E-state index contributed by atoms with van der Waals surface area (Å²) in [7, 11) is 0. The van der Waals surface area contributed by atoms with Gasteiger partial charge in [0.05, 0.1) is 6.07 Å². The molecule has 0 radical (unpaired) electrons. The summed E-state index contributed by atoms with van der Waals surface area (Å²) in [6.07, 6.45) is 0. The van der Waals surface area contributed by atoms with Gasteiger partial charge in [-0.3, -0.25) is 4.79 Å². The quantitative estimate of drug-likeness (QED) is 0.662. The molecule has 0 saturated heterocycles. The van der Waals surface area contributed by atoms with Crippen molar-refractivity contribution < 1.29 is 4.79 Å². The number of benzene rings is 1. The van der Waals surface area contributed by atoms with Crippen LogP contribution in [0.2, 0.25) is 0 Å². The van der Waals surface area contributed by atoms with Gasteiger partial charge in [0.25, 0.3) is 5.91 Å². The van der Waals surface area contributed by atoms with Crippen LogP contribution < -0.4 is 5.32 Å². The number of hydrogen-bond acceptors (Lipinski definition) is 2. The molecule has 0 spiro atoms. The first-order chi connectivity index (χ1) is 6.24. The number of carbonyl (C=O) groups excluding carboxylic acids is 1. The van der Waals surface area contributed by atoms with E-state index in [2.05, 4.69) is 27.9 Å². The Balaban J connectivity index is 2.68. The molecule has 1 amide bonds. The van der Waals surface area contributed by atoms with E-state index in [4.69, 9.17) is 5.26 Å². The zero-order chi connectivity index (χ0) is 9.68. The first-order valence-corrected chi connectivity index (χ1v) is 4.72. The van der Waals surface area contributed by atoms with Gasteiger partial charge in [-0.05, 0) is 46.9 Å². The predicted molar refractivity (Wildman–Crippen MR) is 57.1 cm³/mol. The van der Waals surface area contributed by atoms with Crippen LogP contribution in [0.15, 0.2) is 24.3 Å². The van der Waals surface area contributed by atoms with Gasteiger partial charge in [0.1, 0.15) is 6.54 Å². The lowest BCUT2D eigenvalue weighted by molar-refractivity contribution is 0.0958. The van der Waals surface area contributed by atoms with E-state index in [-0.39, 0.29) is 12.5 Å². The zero-order valence-electron chi connectivity index (χ0n) is 6.75. The second kappa shape index (κ2) is 4.82. The lowest BCUT2D eigenvalue weighted by Crippen LogP contribution is -2.23. The molecule has 0 fully saturated rings. The molecule has 1 aromatic rings. The van der Waals surface area contributed by atoms with Crippen molar-refractivity contribution in [3.05, 3.63) is 33.4 Å². The Hall–Kier alpha value is -1.09. The van der Waals surface area contributed by atoms with Gasteiger partial charge < -0.3 is 5.32 Å². The minimum Gasteiger partial charge on any atom is -0.339 e. The van der Waals surface area contributed by atoms with Gasteiger partial charge in [-0.25, -0.2) is 0 Å². The van der Waals surface area contributed by atoms with Crippen LogP contribution in [-0.2, 0) is 0 Å². The maximum absolute atomic E-state index is 11.3. The normalized spacial score (nSPS) is 8.92. The molecule has 0 bridgehead atoms. The van der Waals surface area contributed by atoms with E-state index in [0.717, 1.165) is 3.57 Å². The average Bonchev–Trinajstić information content (AvgIpc) is 2.15. The first-order valence-electron chi connectivity index (χ1n) is 3.65. The van der Waals surface area contributed by atoms with Crippen LogP contribution in [-0.4, -0.2) is 12.5 Å². The molecule has 3 nitrogen and oxygen atoms in total. The molecule has 1 N–H and O–H groups in total. The molecule has 0 aliphatic carbocycles. The van der Waals surface area contributed by atoms with E-state index in [9.17, 15) is 4.79 Å². The van der Waals surface area contributed by atoms with Crippen LogP contribution in [0.3, 0.4) is 0 Å². The van der Waals surface area contributed by atoms with Crippen LogP contribution in [0.5, 0.6) is 0 Å². The van der Waals surface area contributed by atoms with Gasteiger partial charge in [0.2, 0.25) is 0 Å². The van der Waals surface area contributed by atoms with E-state index in [1.807, 2.05) is 18.2 Å². The largest absolute Gasteiger partial charge is 0.339 e. The summed E-state index contributed by atoms with van der Waals surface area (Å²) >= 11 is 2.16. The molecule has 1 rings (SSSR count). The van der Waals surface area contributed by atoms with Crippen LogP contribution >= 0.6 is 22.6 Å². The van der Waals surface area contributed by atoms with Crippen molar-refractivity contribution in [2.45, 2.75) is 0 Å². The van der Waals surface area contributed by atoms with Crippen LogP contribution in [0.4, 0.5) is 0 Å². The maximum atomic E-state index is 11.3. The van der Waals surface area contributed by atoms with Crippen LogP contribution in [0.1, 0.15) is 10.4 Å². The number of nitrogens with one attached hydrogen (secondary N) is 1. The Labute approximate surface area is 89.9 Å². The second-order valence-corrected chi connectivity index (χ2v) is 3.59. The van der Waals surface area contributed by atoms with Gasteiger partial charge in [0, 0.05) is 9.13 Å². The Kier molecular flexibility index (Phi) is 3.71. The molecule has 0 aromatic heterocycles. The number of hydrogen-bond donors (Lipinski definition) is 1. The average molecular weight is 286 g/mol. The first kappa shape index (κ1) is 9.99. The zero-order valence-corrected chi connectivity index (χ0v) is 8.91. The highest BCUT2D eigenvalue weighted by atomic mass is 127. The summed E-state index contributed by atoms with van der Waals surface area (Å²) in [6.45, 7) is 0.0464. The third-order valence-electron chi connectivity index (χ3n) is 1.43. The number of nitriles is 1. The van der Waals surface area contributed by atoms with Crippen molar-refractivity contribution in [3.8, 4) is 6.07 Å².